The van der Waals surface area contributed by atoms with Crippen LogP contribution < -0.4 is 10.2 Å². The molecule has 0 unspecified atom stereocenters. The van der Waals surface area contributed by atoms with Gasteiger partial charge in [0, 0.05) is 31.0 Å². The number of anilines is 1. The van der Waals surface area contributed by atoms with Gasteiger partial charge in [-0.25, -0.2) is 0 Å². The summed E-state index contributed by atoms with van der Waals surface area (Å²) in [5, 5.41) is 3.09. The van der Waals surface area contributed by atoms with E-state index in [2.05, 4.69) is 29.6 Å². The molecule has 1 atom stereocenters. The van der Waals surface area contributed by atoms with Crippen molar-refractivity contribution in [2.75, 3.05) is 11.4 Å². The van der Waals surface area contributed by atoms with Crippen molar-refractivity contribution in [3.05, 3.63) is 102 Å². The maximum atomic E-state index is 12.9. The van der Waals surface area contributed by atoms with Gasteiger partial charge >= 0.3 is 0 Å². The van der Waals surface area contributed by atoms with Crippen molar-refractivity contribution in [3.8, 4) is 0 Å². The third-order valence-electron chi connectivity index (χ3n) is 5.63. The summed E-state index contributed by atoms with van der Waals surface area (Å²) in [7, 11) is 0. The van der Waals surface area contributed by atoms with E-state index in [1.807, 2.05) is 67.6 Å². The van der Waals surface area contributed by atoms with Crippen LogP contribution in [0.15, 0.2) is 84.9 Å². The molecule has 4 heteroatoms. The SMILES string of the molecule is Cc1ccc(N2C[C@H](NC(=O)CC(c3ccccc3)c3ccccc3)CC2=O)cc1. The van der Waals surface area contributed by atoms with Crippen molar-refractivity contribution < 1.29 is 9.59 Å². The van der Waals surface area contributed by atoms with Crippen LogP contribution in [0, 0.1) is 6.92 Å². The van der Waals surface area contributed by atoms with E-state index in [0.717, 1.165) is 22.4 Å². The molecule has 3 aromatic carbocycles. The summed E-state index contributed by atoms with van der Waals surface area (Å²) in [6, 6.07) is 27.9. The predicted molar refractivity (Wildman–Crippen MR) is 119 cm³/mol. The van der Waals surface area contributed by atoms with Crippen LogP contribution in [-0.4, -0.2) is 24.4 Å². The molecule has 0 radical (unpaired) electrons. The highest BCUT2D eigenvalue weighted by atomic mass is 16.2. The molecule has 30 heavy (non-hydrogen) atoms. The number of aryl methyl sites for hydroxylation is 1. The zero-order chi connectivity index (χ0) is 20.9. The van der Waals surface area contributed by atoms with E-state index in [1.54, 1.807) is 4.90 Å². The van der Waals surface area contributed by atoms with E-state index < -0.39 is 0 Å². The van der Waals surface area contributed by atoms with E-state index in [4.69, 9.17) is 0 Å². The molecule has 0 spiro atoms. The topological polar surface area (TPSA) is 49.4 Å². The number of hydrogen-bond donors (Lipinski definition) is 1. The fraction of sp³-hybridized carbons (Fsp3) is 0.231. The van der Waals surface area contributed by atoms with Gasteiger partial charge < -0.3 is 10.2 Å². The minimum Gasteiger partial charge on any atom is -0.351 e. The Morgan fingerprint density at radius 3 is 2.07 bits per heavy atom. The molecule has 0 bridgehead atoms. The second-order valence-electron chi connectivity index (χ2n) is 7.89. The van der Waals surface area contributed by atoms with E-state index in [1.165, 1.54) is 0 Å². The molecule has 1 N–H and O–H groups in total. The van der Waals surface area contributed by atoms with Gasteiger partial charge in [-0.2, -0.15) is 0 Å². The zero-order valence-electron chi connectivity index (χ0n) is 17.1. The van der Waals surface area contributed by atoms with Crippen LogP contribution in [0.4, 0.5) is 5.69 Å². The Hall–Kier alpha value is -3.40. The highest BCUT2D eigenvalue weighted by molar-refractivity contribution is 5.96. The number of carbonyl (C=O) groups is 2. The first-order chi connectivity index (χ1) is 14.6. The summed E-state index contributed by atoms with van der Waals surface area (Å²) < 4.78 is 0. The van der Waals surface area contributed by atoms with E-state index in [0.29, 0.717) is 19.4 Å². The van der Waals surface area contributed by atoms with Crippen LogP contribution in [0.1, 0.15) is 35.4 Å². The quantitative estimate of drug-likeness (QED) is 0.667. The van der Waals surface area contributed by atoms with Crippen molar-refractivity contribution in [2.24, 2.45) is 0 Å². The number of nitrogens with zero attached hydrogens (tertiary/aromatic N) is 1. The lowest BCUT2D eigenvalue weighted by molar-refractivity contribution is -0.122. The van der Waals surface area contributed by atoms with Crippen LogP contribution in [-0.2, 0) is 9.59 Å². The van der Waals surface area contributed by atoms with Crippen LogP contribution in [0.25, 0.3) is 0 Å². The second kappa shape index (κ2) is 8.95. The molecular formula is C26H26N2O2. The molecule has 152 valence electrons. The standard InChI is InChI=1S/C26H26N2O2/c1-19-12-14-23(15-13-19)28-18-22(16-26(28)30)27-25(29)17-24(20-8-4-2-5-9-20)21-10-6-3-7-11-21/h2-15,22,24H,16-18H2,1H3,(H,27,29)/t22-/m1/s1. The van der Waals surface area contributed by atoms with Crippen molar-refractivity contribution in [1.29, 1.82) is 0 Å². The first kappa shape index (κ1) is 19.9. The third-order valence-corrected chi connectivity index (χ3v) is 5.63. The monoisotopic (exact) mass is 398 g/mol. The van der Waals surface area contributed by atoms with Gasteiger partial charge in [0.1, 0.15) is 0 Å². The highest BCUT2D eigenvalue weighted by Crippen LogP contribution is 2.28. The normalized spacial score (nSPS) is 16.1. The molecule has 1 saturated heterocycles. The molecule has 4 nitrogen and oxygen atoms in total. The van der Waals surface area contributed by atoms with Crippen LogP contribution >= 0.6 is 0 Å². The number of nitrogens with one attached hydrogen (secondary N) is 1. The average molecular weight is 399 g/mol. The Labute approximate surface area is 177 Å². The van der Waals surface area contributed by atoms with Gasteiger partial charge in [-0.1, -0.05) is 78.4 Å². The molecule has 0 aromatic heterocycles. The lowest BCUT2D eigenvalue weighted by Crippen LogP contribution is -2.37. The third kappa shape index (κ3) is 4.60. The van der Waals surface area contributed by atoms with Gasteiger partial charge in [0.2, 0.25) is 11.8 Å². The minimum absolute atomic E-state index is 0.0160. The van der Waals surface area contributed by atoms with Crippen molar-refractivity contribution in [2.45, 2.75) is 31.7 Å². The Kier molecular flexibility index (Phi) is 5.94. The summed E-state index contributed by atoms with van der Waals surface area (Å²) in [6.07, 6.45) is 0.685. The molecular weight excluding hydrogens is 372 g/mol. The molecule has 0 saturated carbocycles. The number of carbonyl (C=O) groups excluding carboxylic acids is 2. The summed E-state index contributed by atoms with van der Waals surface area (Å²) in [4.78, 5) is 27.2. The van der Waals surface area contributed by atoms with E-state index >= 15 is 0 Å². The lowest BCUT2D eigenvalue weighted by atomic mass is 9.88. The molecule has 1 heterocycles. The second-order valence-corrected chi connectivity index (χ2v) is 7.89. The van der Waals surface area contributed by atoms with Gasteiger partial charge in [-0.15, -0.1) is 0 Å². The fourth-order valence-electron chi connectivity index (χ4n) is 4.05. The minimum atomic E-state index is -0.168. The van der Waals surface area contributed by atoms with Crippen molar-refractivity contribution >= 4 is 17.5 Å². The average Bonchev–Trinajstić information content (AvgIpc) is 3.13. The number of amides is 2. The lowest BCUT2D eigenvalue weighted by Gasteiger charge is -2.20. The van der Waals surface area contributed by atoms with Crippen LogP contribution in [0.3, 0.4) is 0 Å². The summed E-state index contributed by atoms with van der Waals surface area (Å²) in [5.41, 5.74) is 4.27. The Morgan fingerprint density at radius 2 is 1.50 bits per heavy atom. The van der Waals surface area contributed by atoms with Gasteiger partial charge in [-0.3, -0.25) is 9.59 Å². The molecule has 4 rings (SSSR count). The number of hydrogen-bond acceptors (Lipinski definition) is 2. The highest BCUT2D eigenvalue weighted by Gasteiger charge is 2.32. The maximum absolute atomic E-state index is 12.9. The smallest absolute Gasteiger partial charge is 0.229 e. The molecule has 1 fully saturated rings. The number of rotatable bonds is 6. The predicted octanol–water partition coefficient (Wildman–Crippen LogP) is 4.44. The van der Waals surface area contributed by atoms with Crippen molar-refractivity contribution in [3.63, 3.8) is 0 Å². The molecule has 1 aliphatic heterocycles. The summed E-state index contributed by atoms with van der Waals surface area (Å²) in [5.74, 6) is 0.000732. The van der Waals surface area contributed by atoms with Crippen molar-refractivity contribution in [1.82, 2.24) is 5.32 Å². The van der Waals surface area contributed by atoms with Gasteiger partial charge in [0.15, 0.2) is 0 Å². The van der Waals surface area contributed by atoms with Gasteiger partial charge in [-0.05, 0) is 30.2 Å². The molecule has 1 aliphatic rings. The first-order valence-electron chi connectivity index (χ1n) is 10.4. The molecule has 2 amide bonds. The molecule has 3 aromatic rings. The maximum Gasteiger partial charge on any atom is 0.229 e. The largest absolute Gasteiger partial charge is 0.351 e. The van der Waals surface area contributed by atoms with Crippen LogP contribution in [0.2, 0.25) is 0 Å². The first-order valence-corrected chi connectivity index (χ1v) is 10.4. The Morgan fingerprint density at radius 1 is 0.933 bits per heavy atom. The summed E-state index contributed by atoms with van der Waals surface area (Å²) in [6.45, 7) is 2.53. The van der Waals surface area contributed by atoms with E-state index in [9.17, 15) is 9.59 Å². The van der Waals surface area contributed by atoms with Gasteiger partial charge in [0.05, 0.1) is 6.04 Å². The van der Waals surface area contributed by atoms with Gasteiger partial charge in [0.25, 0.3) is 0 Å². The Balaban J connectivity index is 1.44. The molecule has 0 aliphatic carbocycles. The number of benzene rings is 3. The fourth-order valence-corrected chi connectivity index (χ4v) is 4.05. The van der Waals surface area contributed by atoms with E-state index in [-0.39, 0.29) is 23.8 Å². The Bertz CT molecular complexity index is 961. The zero-order valence-corrected chi connectivity index (χ0v) is 17.1. The summed E-state index contributed by atoms with van der Waals surface area (Å²) >= 11 is 0. The van der Waals surface area contributed by atoms with Crippen LogP contribution in [0.5, 0.6) is 0 Å².